The van der Waals surface area contributed by atoms with Crippen molar-refractivity contribution < 1.29 is 28.2 Å². The van der Waals surface area contributed by atoms with Crippen molar-refractivity contribution in [1.82, 2.24) is 9.29 Å². The van der Waals surface area contributed by atoms with E-state index in [9.17, 15) is 18.0 Å². The second-order valence-electron chi connectivity index (χ2n) is 4.57. The van der Waals surface area contributed by atoms with E-state index in [4.69, 9.17) is 10.2 Å². The van der Waals surface area contributed by atoms with Gasteiger partial charge in [-0.1, -0.05) is 0 Å². The standard InChI is InChI=1S/C11H14N2O6S/c14-10(15)7-1-3-13(4-2-7)20(18,19)8-5-9(11(16)17)12-6-8/h5-7,12H,1-4H2,(H,14,15)(H,16,17). The van der Waals surface area contributed by atoms with E-state index in [1.54, 1.807) is 0 Å². The molecule has 1 aromatic heterocycles. The fraction of sp³-hybridized carbons (Fsp3) is 0.455. The maximum absolute atomic E-state index is 12.3. The molecule has 0 bridgehead atoms. The van der Waals surface area contributed by atoms with Crippen molar-refractivity contribution in [2.75, 3.05) is 13.1 Å². The number of rotatable bonds is 4. The number of H-pyrrole nitrogens is 1. The molecule has 0 unspecified atom stereocenters. The minimum Gasteiger partial charge on any atom is -0.481 e. The summed E-state index contributed by atoms with van der Waals surface area (Å²) in [5.74, 6) is -2.69. The second-order valence-corrected chi connectivity index (χ2v) is 6.51. The van der Waals surface area contributed by atoms with Gasteiger partial charge in [-0.15, -0.1) is 0 Å². The molecule has 0 spiro atoms. The van der Waals surface area contributed by atoms with Gasteiger partial charge in [0.15, 0.2) is 0 Å². The van der Waals surface area contributed by atoms with Crippen LogP contribution in [0.5, 0.6) is 0 Å². The van der Waals surface area contributed by atoms with Crippen LogP contribution in [0.25, 0.3) is 0 Å². The number of piperidine rings is 1. The van der Waals surface area contributed by atoms with E-state index in [1.807, 2.05) is 0 Å². The molecule has 3 N–H and O–H groups in total. The molecule has 2 rings (SSSR count). The number of hydrogen-bond donors (Lipinski definition) is 3. The number of carboxylic acid groups (broad SMARTS) is 2. The van der Waals surface area contributed by atoms with Gasteiger partial charge >= 0.3 is 11.9 Å². The maximum atomic E-state index is 12.3. The topological polar surface area (TPSA) is 128 Å². The first kappa shape index (κ1) is 14.5. The molecular formula is C11H14N2O6S. The molecule has 20 heavy (non-hydrogen) atoms. The molecule has 1 aromatic rings. The zero-order valence-electron chi connectivity index (χ0n) is 10.4. The molecule has 2 heterocycles. The summed E-state index contributed by atoms with van der Waals surface area (Å²) in [4.78, 5) is 23.8. The third-order valence-corrected chi connectivity index (χ3v) is 5.20. The molecule has 0 atom stereocenters. The summed E-state index contributed by atoms with van der Waals surface area (Å²) in [6.07, 6.45) is 1.64. The number of aromatic carboxylic acids is 1. The van der Waals surface area contributed by atoms with Gasteiger partial charge in [-0.05, 0) is 18.9 Å². The number of carbonyl (C=O) groups is 2. The first-order chi connectivity index (χ1) is 9.32. The van der Waals surface area contributed by atoms with Gasteiger partial charge in [0.05, 0.1) is 5.92 Å². The minimum atomic E-state index is -3.78. The Morgan fingerprint density at radius 2 is 1.85 bits per heavy atom. The van der Waals surface area contributed by atoms with Crippen LogP contribution in [0.4, 0.5) is 0 Å². The van der Waals surface area contributed by atoms with E-state index in [0.29, 0.717) is 0 Å². The van der Waals surface area contributed by atoms with Gasteiger partial charge in [0.2, 0.25) is 10.0 Å². The van der Waals surface area contributed by atoms with Crippen molar-refractivity contribution in [3.63, 3.8) is 0 Å². The van der Waals surface area contributed by atoms with Gasteiger partial charge in [-0.3, -0.25) is 4.79 Å². The zero-order valence-corrected chi connectivity index (χ0v) is 11.3. The van der Waals surface area contributed by atoms with E-state index in [2.05, 4.69) is 4.98 Å². The number of hydrogen-bond acceptors (Lipinski definition) is 4. The van der Waals surface area contributed by atoms with Crippen LogP contribution in [0.15, 0.2) is 17.2 Å². The minimum absolute atomic E-state index is 0.118. The molecule has 1 aliphatic heterocycles. The fourth-order valence-electron chi connectivity index (χ4n) is 2.14. The van der Waals surface area contributed by atoms with Gasteiger partial charge < -0.3 is 15.2 Å². The maximum Gasteiger partial charge on any atom is 0.352 e. The van der Waals surface area contributed by atoms with Gasteiger partial charge in [-0.25, -0.2) is 13.2 Å². The normalized spacial score (nSPS) is 18.0. The van der Waals surface area contributed by atoms with Crippen LogP contribution in [0, 0.1) is 5.92 Å². The number of aromatic nitrogens is 1. The predicted molar refractivity (Wildman–Crippen MR) is 66.9 cm³/mol. The van der Waals surface area contributed by atoms with Crippen molar-refractivity contribution >= 4 is 22.0 Å². The fourth-order valence-corrected chi connectivity index (χ4v) is 3.60. The molecule has 8 nitrogen and oxygen atoms in total. The van der Waals surface area contributed by atoms with Gasteiger partial charge in [-0.2, -0.15) is 4.31 Å². The van der Waals surface area contributed by atoms with E-state index in [-0.39, 0.29) is 36.5 Å². The smallest absolute Gasteiger partial charge is 0.352 e. The summed E-state index contributed by atoms with van der Waals surface area (Å²) in [6, 6.07) is 1.06. The van der Waals surface area contributed by atoms with Crippen LogP contribution < -0.4 is 0 Å². The lowest BCUT2D eigenvalue weighted by Gasteiger charge is -2.28. The van der Waals surface area contributed by atoms with Crippen molar-refractivity contribution in [1.29, 1.82) is 0 Å². The summed E-state index contributed by atoms with van der Waals surface area (Å²) in [7, 11) is -3.78. The Bertz CT molecular complexity index is 627. The summed E-state index contributed by atoms with van der Waals surface area (Å²) in [5, 5.41) is 17.6. The molecule has 1 fully saturated rings. The third-order valence-electron chi connectivity index (χ3n) is 3.33. The number of sulfonamides is 1. The Morgan fingerprint density at radius 1 is 1.25 bits per heavy atom. The van der Waals surface area contributed by atoms with Crippen LogP contribution in [0.2, 0.25) is 0 Å². The predicted octanol–water partition coefficient (Wildman–Crippen LogP) is 0.198. The molecule has 0 amide bonds. The van der Waals surface area contributed by atoms with E-state index in [1.165, 1.54) is 4.31 Å². The van der Waals surface area contributed by atoms with Crippen LogP contribution in [0.1, 0.15) is 23.3 Å². The summed E-state index contributed by atoms with van der Waals surface area (Å²) in [6.45, 7) is 0.236. The number of carboxylic acids is 2. The van der Waals surface area contributed by atoms with Crippen molar-refractivity contribution in [3.8, 4) is 0 Å². The third kappa shape index (κ3) is 2.68. The Balaban J connectivity index is 2.15. The number of aliphatic carboxylic acids is 1. The average molecular weight is 302 g/mol. The lowest BCUT2D eigenvalue weighted by molar-refractivity contribution is -0.142. The lowest BCUT2D eigenvalue weighted by Crippen LogP contribution is -2.40. The van der Waals surface area contributed by atoms with E-state index < -0.39 is 27.9 Å². The Kier molecular flexibility index (Phi) is 3.82. The Morgan fingerprint density at radius 3 is 2.30 bits per heavy atom. The molecule has 0 aromatic carbocycles. The number of nitrogens with one attached hydrogen (secondary N) is 1. The average Bonchev–Trinajstić information content (AvgIpc) is 2.89. The van der Waals surface area contributed by atoms with Crippen LogP contribution >= 0.6 is 0 Å². The Labute approximate surface area is 115 Å². The lowest BCUT2D eigenvalue weighted by atomic mass is 9.99. The summed E-state index contributed by atoms with van der Waals surface area (Å²) >= 11 is 0. The molecule has 0 aliphatic carbocycles. The molecule has 0 radical (unpaired) electrons. The molecule has 1 saturated heterocycles. The van der Waals surface area contributed by atoms with Crippen LogP contribution in [0.3, 0.4) is 0 Å². The van der Waals surface area contributed by atoms with Gasteiger partial charge in [0.1, 0.15) is 10.6 Å². The SMILES string of the molecule is O=C(O)c1cc(S(=O)(=O)N2CCC(C(=O)O)CC2)c[nH]1. The zero-order chi connectivity index (χ0) is 14.9. The van der Waals surface area contributed by atoms with Crippen molar-refractivity contribution in [3.05, 3.63) is 18.0 Å². The van der Waals surface area contributed by atoms with Gasteiger partial charge in [0.25, 0.3) is 0 Å². The highest BCUT2D eigenvalue weighted by Crippen LogP contribution is 2.24. The van der Waals surface area contributed by atoms with E-state index >= 15 is 0 Å². The summed E-state index contributed by atoms with van der Waals surface area (Å²) in [5.41, 5.74) is -0.205. The van der Waals surface area contributed by atoms with Crippen molar-refractivity contribution in [2.45, 2.75) is 17.7 Å². The molecule has 1 aliphatic rings. The molecule has 0 saturated carbocycles. The highest BCUT2D eigenvalue weighted by molar-refractivity contribution is 7.89. The van der Waals surface area contributed by atoms with E-state index in [0.717, 1.165) is 12.3 Å². The monoisotopic (exact) mass is 302 g/mol. The number of aromatic amines is 1. The van der Waals surface area contributed by atoms with Gasteiger partial charge in [0, 0.05) is 19.3 Å². The molecule has 9 heteroatoms. The Hall–Kier alpha value is -1.87. The molecular weight excluding hydrogens is 288 g/mol. The number of nitrogens with zero attached hydrogens (tertiary/aromatic N) is 1. The highest BCUT2D eigenvalue weighted by Gasteiger charge is 2.32. The van der Waals surface area contributed by atoms with Crippen LogP contribution in [-0.2, 0) is 14.8 Å². The molecule has 110 valence electrons. The first-order valence-electron chi connectivity index (χ1n) is 5.97. The van der Waals surface area contributed by atoms with Crippen molar-refractivity contribution in [2.24, 2.45) is 5.92 Å². The first-order valence-corrected chi connectivity index (χ1v) is 7.41. The summed E-state index contributed by atoms with van der Waals surface area (Å²) < 4.78 is 25.7. The van der Waals surface area contributed by atoms with Crippen LogP contribution in [-0.4, -0.2) is 52.9 Å². The largest absolute Gasteiger partial charge is 0.481 e. The second kappa shape index (κ2) is 5.25. The quantitative estimate of drug-likeness (QED) is 0.729. The highest BCUT2D eigenvalue weighted by atomic mass is 32.2.